The van der Waals surface area contributed by atoms with Gasteiger partial charge in [-0.2, -0.15) is 4.98 Å². The number of hydrogen-bond donors (Lipinski definition) is 0. The molecule has 0 radical (unpaired) electrons. The third-order valence-electron chi connectivity index (χ3n) is 4.58. The van der Waals surface area contributed by atoms with E-state index < -0.39 is 0 Å². The van der Waals surface area contributed by atoms with Crippen molar-refractivity contribution < 1.29 is 4.52 Å². The molecule has 0 spiro atoms. The predicted molar refractivity (Wildman–Crippen MR) is 81.2 cm³/mol. The summed E-state index contributed by atoms with van der Waals surface area (Å²) in [6.45, 7) is 4.87. The molecule has 0 saturated heterocycles. The van der Waals surface area contributed by atoms with E-state index in [0.717, 1.165) is 63.1 Å². The Bertz CT molecular complexity index is 643. The lowest BCUT2D eigenvalue weighted by molar-refractivity contribution is 0.230. The highest BCUT2D eigenvalue weighted by Gasteiger charge is 2.29. The molecule has 22 heavy (non-hydrogen) atoms. The number of hydrogen-bond acceptors (Lipinski definition) is 5. The second kappa shape index (κ2) is 5.83. The molecule has 3 heterocycles. The molecule has 0 bridgehead atoms. The molecule has 118 valence electrons. The summed E-state index contributed by atoms with van der Waals surface area (Å²) in [4.78, 5) is 11.5. The molecule has 4 rings (SSSR count). The van der Waals surface area contributed by atoms with Crippen LogP contribution in [0.1, 0.15) is 61.8 Å². The molecule has 2 aromatic heterocycles. The van der Waals surface area contributed by atoms with Crippen molar-refractivity contribution in [2.24, 2.45) is 0 Å². The van der Waals surface area contributed by atoms with Crippen LogP contribution in [0.15, 0.2) is 10.9 Å². The van der Waals surface area contributed by atoms with E-state index in [9.17, 15) is 0 Å². The second-order valence-corrected chi connectivity index (χ2v) is 6.44. The van der Waals surface area contributed by atoms with Gasteiger partial charge in [-0.25, -0.2) is 4.98 Å². The zero-order valence-electron chi connectivity index (χ0n) is 13.2. The van der Waals surface area contributed by atoms with Crippen molar-refractivity contribution in [1.29, 1.82) is 0 Å². The van der Waals surface area contributed by atoms with E-state index in [1.807, 2.05) is 6.33 Å². The Morgan fingerprint density at radius 3 is 3.09 bits per heavy atom. The summed E-state index contributed by atoms with van der Waals surface area (Å²) < 4.78 is 7.71. The van der Waals surface area contributed by atoms with Crippen molar-refractivity contribution in [3.05, 3.63) is 29.4 Å². The zero-order chi connectivity index (χ0) is 14.9. The van der Waals surface area contributed by atoms with Crippen LogP contribution in [0.2, 0.25) is 0 Å². The first kappa shape index (κ1) is 13.9. The van der Waals surface area contributed by atoms with Crippen LogP contribution < -0.4 is 0 Å². The molecule has 1 fully saturated rings. The Labute approximate surface area is 130 Å². The summed E-state index contributed by atoms with van der Waals surface area (Å²) in [6.07, 6.45) is 8.88. The van der Waals surface area contributed by atoms with Gasteiger partial charge in [-0.3, -0.25) is 4.90 Å². The quantitative estimate of drug-likeness (QED) is 0.820. The van der Waals surface area contributed by atoms with Gasteiger partial charge in [0.2, 0.25) is 5.89 Å². The van der Waals surface area contributed by atoms with Gasteiger partial charge in [0.15, 0.2) is 5.82 Å². The first-order valence-electron chi connectivity index (χ1n) is 8.42. The van der Waals surface area contributed by atoms with Crippen LogP contribution >= 0.6 is 0 Å². The van der Waals surface area contributed by atoms with Gasteiger partial charge in [-0.05, 0) is 19.3 Å². The van der Waals surface area contributed by atoms with E-state index in [1.165, 1.54) is 24.2 Å². The van der Waals surface area contributed by atoms with E-state index in [1.54, 1.807) is 0 Å². The Morgan fingerprint density at radius 2 is 2.27 bits per heavy atom. The Balaban J connectivity index is 1.39. The Hall–Kier alpha value is -1.69. The summed E-state index contributed by atoms with van der Waals surface area (Å²) in [5, 5.41) is 4.11. The van der Waals surface area contributed by atoms with Crippen LogP contribution in [0.3, 0.4) is 0 Å². The maximum absolute atomic E-state index is 5.31. The Morgan fingerprint density at radius 1 is 1.36 bits per heavy atom. The van der Waals surface area contributed by atoms with Gasteiger partial charge in [0.25, 0.3) is 0 Å². The predicted octanol–water partition coefficient (Wildman–Crippen LogP) is 2.50. The number of fused-ring (bicyclic) bond motifs is 1. The molecule has 6 nitrogen and oxygen atoms in total. The van der Waals surface area contributed by atoms with Crippen molar-refractivity contribution in [3.63, 3.8) is 0 Å². The van der Waals surface area contributed by atoms with E-state index >= 15 is 0 Å². The minimum absolute atomic E-state index is 0.723. The highest BCUT2D eigenvalue weighted by atomic mass is 16.5. The molecular weight excluding hydrogens is 278 g/mol. The van der Waals surface area contributed by atoms with E-state index in [4.69, 9.17) is 4.52 Å². The normalized spacial score (nSPS) is 18.6. The van der Waals surface area contributed by atoms with Crippen LogP contribution in [0, 0.1) is 0 Å². The highest BCUT2D eigenvalue weighted by Crippen LogP contribution is 2.37. The molecule has 0 aromatic carbocycles. The summed E-state index contributed by atoms with van der Waals surface area (Å²) in [5.41, 5.74) is 2.67. The Kier molecular flexibility index (Phi) is 3.70. The number of nitrogens with zero attached hydrogens (tertiary/aromatic N) is 5. The topological polar surface area (TPSA) is 60.0 Å². The maximum atomic E-state index is 5.31. The van der Waals surface area contributed by atoms with Crippen LogP contribution in [0.4, 0.5) is 0 Å². The molecular formula is C16H23N5O. The lowest BCUT2D eigenvalue weighted by atomic mass is 10.1. The van der Waals surface area contributed by atoms with Crippen molar-refractivity contribution in [2.75, 3.05) is 6.54 Å². The SMILES string of the molecule is CCCCc1nc(CN2CCc3c(ncn3C3CC3)C2)no1. The number of aromatic nitrogens is 4. The standard InChI is InChI=1S/C16H23N5O/c1-2-3-4-16-18-15(19-22-16)10-20-8-7-14-13(9-20)17-11-21(14)12-5-6-12/h11-12H,2-10H2,1H3. The minimum atomic E-state index is 0.723. The zero-order valence-corrected chi connectivity index (χ0v) is 13.2. The summed E-state index contributed by atoms with van der Waals surface area (Å²) >= 11 is 0. The molecule has 1 saturated carbocycles. The largest absolute Gasteiger partial charge is 0.339 e. The van der Waals surface area contributed by atoms with Gasteiger partial charge in [0.05, 0.1) is 18.6 Å². The fourth-order valence-electron chi connectivity index (χ4n) is 3.17. The molecule has 0 amide bonds. The lowest BCUT2D eigenvalue weighted by Gasteiger charge is -2.25. The monoisotopic (exact) mass is 301 g/mol. The van der Waals surface area contributed by atoms with Crippen LogP contribution in [-0.4, -0.2) is 31.1 Å². The first-order valence-corrected chi connectivity index (χ1v) is 8.42. The summed E-state index contributed by atoms with van der Waals surface area (Å²) in [5.74, 6) is 1.57. The van der Waals surface area contributed by atoms with Crippen LogP contribution in [-0.2, 0) is 25.9 Å². The number of rotatable bonds is 6. The van der Waals surface area contributed by atoms with Gasteiger partial charge in [0.1, 0.15) is 0 Å². The average molecular weight is 301 g/mol. The van der Waals surface area contributed by atoms with Gasteiger partial charge in [-0.15, -0.1) is 0 Å². The van der Waals surface area contributed by atoms with Crippen molar-refractivity contribution >= 4 is 0 Å². The molecule has 2 aromatic rings. The maximum Gasteiger partial charge on any atom is 0.226 e. The van der Waals surface area contributed by atoms with Crippen molar-refractivity contribution in [1.82, 2.24) is 24.6 Å². The molecule has 0 unspecified atom stereocenters. The number of imidazole rings is 1. The highest BCUT2D eigenvalue weighted by molar-refractivity contribution is 5.18. The molecule has 0 atom stereocenters. The fourth-order valence-corrected chi connectivity index (χ4v) is 3.17. The van der Waals surface area contributed by atoms with Crippen LogP contribution in [0.25, 0.3) is 0 Å². The second-order valence-electron chi connectivity index (χ2n) is 6.44. The lowest BCUT2D eigenvalue weighted by Crippen LogP contribution is -2.31. The van der Waals surface area contributed by atoms with E-state index in [2.05, 4.69) is 31.5 Å². The molecule has 6 heteroatoms. The minimum Gasteiger partial charge on any atom is -0.339 e. The van der Waals surface area contributed by atoms with E-state index in [0.29, 0.717) is 0 Å². The van der Waals surface area contributed by atoms with Crippen molar-refractivity contribution in [3.8, 4) is 0 Å². The molecule has 1 aliphatic carbocycles. The van der Waals surface area contributed by atoms with Gasteiger partial charge >= 0.3 is 0 Å². The average Bonchev–Trinajstić information content (AvgIpc) is 3.14. The van der Waals surface area contributed by atoms with Gasteiger partial charge < -0.3 is 9.09 Å². The van der Waals surface area contributed by atoms with Gasteiger partial charge in [-0.1, -0.05) is 18.5 Å². The molecule has 1 aliphatic heterocycles. The third-order valence-corrected chi connectivity index (χ3v) is 4.58. The number of unbranched alkanes of at least 4 members (excludes halogenated alkanes) is 1. The van der Waals surface area contributed by atoms with Crippen LogP contribution in [0.5, 0.6) is 0 Å². The first-order chi connectivity index (χ1) is 10.8. The summed E-state index contributed by atoms with van der Waals surface area (Å²) in [7, 11) is 0. The number of aryl methyl sites for hydroxylation is 1. The smallest absolute Gasteiger partial charge is 0.226 e. The van der Waals surface area contributed by atoms with Crippen molar-refractivity contribution in [2.45, 2.75) is 64.6 Å². The van der Waals surface area contributed by atoms with E-state index in [-0.39, 0.29) is 0 Å². The molecule has 0 N–H and O–H groups in total. The molecule has 2 aliphatic rings. The fraction of sp³-hybridized carbons (Fsp3) is 0.688. The third kappa shape index (κ3) is 2.79. The summed E-state index contributed by atoms with van der Waals surface area (Å²) in [6, 6.07) is 0.723. The van der Waals surface area contributed by atoms with Gasteiger partial charge in [0, 0.05) is 37.7 Å².